The molecule has 2 aromatic rings. The molecule has 0 radical (unpaired) electrons. The highest BCUT2D eigenvalue weighted by molar-refractivity contribution is 7.10. The van der Waals surface area contributed by atoms with Crippen LogP contribution in [0.25, 0.3) is 0 Å². The Balaban J connectivity index is 2.50. The molecular formula is C15H20N2OS. The zero-order valence-corrected chi connectivity index (χ0v) is 12.4. The van der Waals surface area contributed by atoms with Gasteiger partial charge in [-0.3, -0.25) is 5.84 Å². The van der Waals surface area contributed by atoms with Crippen molar-refractivity contribution in [3.8, 4) is 5.75 Å². The van der Waals surface area contributed by atoms with Gasteiger partial charge >= 0.3 is 0 Å². The van der Waals surface area contributed by atoms with Crippen molar-refractivity contribution < 1.29 is 4.74 Å². The lowest BCUT2D eigenvalue weighted by Gasteiger charge is -2.20. The summed E-state index contributed by atoms with van der Waals surface area (Å²) in [6.07, 6.45) is 1.01. The summed E-state index contributed by atoms with van der Waals surface area (Å²) < 4.78 is 5.46. The molecule has 102 valence electrons. The quantitative estimate of drug-likeness (QED) is 0.651. The molecule has 3 N–H and O–H groups in total. The molecule has 3 nitrogen and oxygen atoms in total. The number of ether oxygens (including phenoxy) is 1. The first-order valence-corrected chi connectivity index (χ1v) is 7.26. The van der Waals surface area contributed by atoms with Gasteiger partial charge in [0.25, 0.3) is 0 Å². The van der Waals surface area contributed by atoms with Gasteiger partial charge in [0, 0.05) is 10.4 Å². The molecule has 0 bridgehead atoms. The van der Waals surface area contributed by atoms with E-state index >= 15 is 0 Å². The number of hydrogen-bond donors (Lipinski definition) is 2. The monoisotopic (exact) mass is 276 g/mol. The molecule has 0 fully saturated rings. The first-order chi connectivity index (χ1) is 9.21. The van der Waals surface area contributed by atoms with Crippen LogP contribution in [0.15, 0.2) is 29.6 Å². The lowest BCUT2D eigenvalue weighted by Crippen LogP contribution is -2.29. The average molecular weight is 276 g/mol. The Hall–Kier alpha value is -1.36. The Labute approximate surface area is 118 Å². The van der Waals surface area contributed by atoms with Gasteiger partial charge in [-0.05, 0) is 36.4 Å². The first-order valence-electron chi connectivity index (χ1n) is 6.38. The van der Waals surface area contributed by atoms with Crippen LogP contribution in [-0.2, 0) is 6.42 Å². The van der Waals surface area contributed by atoms with E-state index < -0.39 is 0 Å². The van der Waals surface area contributed by atoms with Gasteiger partial charge in [0.2, 0.25) is 0 Å². The van der Waals surface area contributed by atoms with Crippen molar-refractivity contribution in [1.82, 2.24) is 5.43 Å². The van der Waals surface area contributed by atoms with Crippen molar-refractivity contribution in [2.75, 3.05) is 7.11 Å². The van der Waals surface area contributed by atoms with Gasteiger partial charge in [-0.25, -0.2) is 5.43 Å². The maximum atomic E-state index is 5.79. The van der Waals surface area contributed by atoms with Crippen LogP contribution < -0.4 is 16.0 Å². The van der Waals surface area contributed by atoms with Crippen molar-refractivity contribution >= 4 is 11.3 Å². The SMILES string of the molecule is CCc1ccsc1C(NN)c1cc(C)ccc1OC. The third kappa shape index (κ3) is 2.81. The van der Waals surface area contributed by atoms with E-state index in [1.54, 1.807) is 18.4 Å². The molecule has 1 unspecified atom stereocenters. The fraction of sp³-hybridized carbons (Fsp3) is 0.333. The fourth-order valence-corrected chi connectivity index (χ4v) is 3.35. The van der Waals surface area contributed by atoms with Crippen LogP contribution in [0.5, 0.6) is 5.75 Å². The van der Waals surface area contributed by atoms with Gasteiger partial charge in [0.15, 0.2) is 0 Å². The summed E-state index contributed by atoms with van der Waals surface area (Å²) in [7, 11) is 1.69. The predicted octanol–water partition coefficient (Wildman–Crippen LogP) is 3.18. The number of nitrogens with one attached hydrogen (secondary N) is 1. The zero-order valence-electron chi connectivity index (χ0n) is 11.6. The third-order valence-electron chi connectivity index (χ3n) is 3.29. The number of hydrazine groups is 1. The number of aryl methyl sites for hydroxylation is 2. The highest BCUT2D eigenvalue weighted by Gasteiger charge is 2.20. The Morgan fingerprint density at radius 3 is 2.79 bits per heavy atom. The normalized spacial score (nSPS) is 12.4. The van der Waals surface area contributed by atoms with Crippen molar-refractivity contribution in [2.24, 2.45) is 5.84 Å². The van der Waals surface area contributed by atoms with E-state index in [4.69, 9.17) is 10.6 Å². The molecule has 0 spiro atoms. The summed E-state index contributed by atoms with van der Waals surface area (Å²) in [5, 5.41) is 2.11. The van der Waals surface area contributed by atoms with Crippen molar-refractivity contribution in [3.63, 3.8) is 0 Å². The summed E-state index contributed by atoms with van der Waals surface area (Å²) in [6, 6.07) is 8.30. The first kappa shape index (κ1) is 14.1. The number of rotatable bonds is 5. The van der Waals surface area contributed by atoms with Gasteiger partial charge in [-0.15, -0.1) is 11.3 Å². The zero-order chi connectivity index (χ0) is 13.8. The van der Waals surface area contributed by atoms with Crippen LogP contribution in [0.1, 0.15) is 34.5 Å². The minimum absolute atomic E-state index is 0.0233. The maximum absolute atomic E-state index is 5.79. The number of methoxy groups -OCH3 is 1. The molecule has 0 saturated carbocycles. The number of thiophene rings is 1. The highest BCUT2D eigenvalue weighted by Crippen LogP contribution is 2.34. The molecule has 0 aliphatic rings. The Bertz CT molecular complexity index is 551. The van der Waals surface area contributed by atoms with Gasteiger partial charge in [-0.2, -0.15) is 0 Å². The summed E-state index contributed by atoms with van der Waals surface area (Å²) in [6.45, 7) is 4.23. The maximum Gasteiger partial charge on any atom is 0.124 e. The Morgan fingerprint density at radius 1 is 1.37 bits per heavy atom. The minimum atomic E-state index is -0.0233. The van der Waals surface area contributed by atoms with Gasteiger partial charge < -0.3 is 4.74 Å². The lowest BCUT2D eigenvalue weighted by molar-refractivity contribution is 0.404. The molecule has 4 heteroatoms. The van der Waals surface area contributed by atoms with E-state index in [2.05, 4.69) is 36.8 Å². The van der Waals surface area contributed by atoms with E-state index in [0.717, 1.165) is 17.7 Å². The number of benzene rings is 1. The smallest absolute Gasteiger partial charge is 0.124 e. The molecular weight excluding hydrogens is 256 g/mol. The van der Waals surface area contributed by atoms with E-state index in [0.29, 0.717) is 0 Å². The molecule has 1 heterocycles. The third-order valence-corrected chi connectivity index (χ3v) is 4.31. The molecule has 1 atom stereocenters. The van der Waals surface area contributed by atoms with Crippen LogP contribution in [0.3, 0.4) is 0 Å². The second-order valence-electron chi connectivity index (χ2n) is 4.51. The standard InChI is InChI=1S/C15H20N2OS/c1-4-11-7-8-19-15(11)14(17-16)12-9-10(2)5-6-13(12)18-3/h5-9,14,17H,4,16H2,1-3H3. The molecule has 0 aliphatic carbocycles. The highest BCUT2D eigenvalue weighted by atomic mass is 32.1. The lowest BCUT2D eigenvalue weighted by atomic mass is 9.99. The fourth-order valence-electron chi connectivity index (χ4n) is 2.28. The largest absolute Gasteiger partial charge is 0.496 e. The second kappa shape index (κ2) is 6.19. The van der Waals surface area contributed by atoms with Gasteiger partial charge in [0.05, 0.1) is 13.2 Å². The summed E-state index contributed by atoms with van der Waals surface area (Å²) in [5.41, 5.74) is 6.54. The van der Waals surface area contributed by atoms with E-state index in [-0.39, 0.29) is 6.04 Å². The van der Waals surface area contributed by atoms with Crippen molar-refractivity contribution in [2.45, 2.75) is 26.3 Å². The van der Waals surface area contributed by atoms with Crippen molar-refractivity contribution in [3.05, 3.63) is 51.2 Å². The molecule has 0 aliphatic heterocycles. The van der Waals surface area contributed by atoms with Crippen LogP contribution in [0, 0.1) is 6.92 Å². The molecule has 1 aromatic carbocycles. The average Bonchev–Trinajstić information content (AvgIpc) is 2.88. The molecule has 0 saturated heterocycles. The molecule has 2 rings (SSSR count). The topological polar surface area (TPSA) is 47.3 Å². The number of hydrogen-bond acceptors (Lipinski definition) is 4. The minimum Gasteiger partial charge on any atom is -0.496 e. The predicted molar refractivity (Wildman–Crippen MR) is 80.6 cm³/mol. The van der Waals surface area contributed by atoms with Crippen molar-refractivity contribution in [1.29, 1.82) is 0 Å². The van der Waals surface area contributed by atoms with E-state index in [9.17, 15) is 0 Å². The van der Waals surface area contributed by atoms with Gasteiger partial charge in [-0.1, -0.05) is 24.6 Å². The summed E-state index contributed by atoms with van der Waals surface area (Å²) >= 11 is 1.73. The van der Waals surface area contributed by atoms with Gasteiger partial charge in [0.1, 0.15) is 5.75 Å². The Kier molecular flexibility index (Phi) is 4.58. The van der Waals surface area contributed by atoms with Crippen LogP contribution in [0.4, 0.5) is 0 Å². The molecule has 19 heavy (non-hydrogen) atoms. The second-order valence-corrected chi connectivity index (χ2v) is 5.46. The molecule has 1 aromatic heterocycles. The van der Waals surface area contributed by atoms with E-state index in [1.165, 1.54) is 16.0 Å². The number of nitrogens with two attached hydrogens (primary N) is 1. The van der Waals surface area contributed by atoms with Crippen LogP contribution in [-0.4, -0.2) is 7.11 Å². The van der Waals surface area contributed by atoms with E-state index in [1.807, 2.05) is 12.1 Å². The summed E-state index contributed by atoms with van der Waals surface area (Å²) in [4.78, 5) is 1.26. The van der Waals surface area contributed by atoms with Crippen LogP contribution in [0.2, 0.25) is 0 Å². The van der Waals surface area contributed by atoms with Crippen LogP contribution >= 0.6 is 11.3 Å². The Morgan fingerprint density at radius 2 is 2.16 bits per heavy atom. The summed E-state index contributed by atoms with van der Waals surface area (Å²) in [5.74, 6) is 6.66. The molecule has 0 amide bonds.